The van der Waals surface area contributed by atoms with Crippen LogP contribution in [0.4, 0.5) is 14.5 Å². The molecule has 3 heterocycles. The van der Waals surface area contributed by atoms with Crippen molar-refractivity contribution >= 4 is 47.8 Å². The third-order valence-corrected chi connectivity index (χ3v) is 11.4. The monoisotopic (exact) mass is 794 g/mol. The van der Waals surface area contributed by atoms with Crippen LogP contribution in [0.25, 0.3) is 22.0 Å². The predicted octanol–water partition coefficient (Wildman–Crippen LogP) is 5.51. The molecular weight excluding hydrogens is 757 g/mol. The number of hydrogen-bond donors (Lipinski definition) is 5. The fourth-order valence-corrected chi connectivity index (χ4v) is 7.96. The molecule has 2 aliphatic rings. The van der Waals surface area contributed by atoms with Gasteiger partial charge in [-0.3, -0.25) is 23.7 Å². The summed E-state index contributed by atoms with van der Waals surface area (Å²) in [7, 11) is -5.85. The Balaban J connectivity index is 1.13. The van der Waals surface area contributed by atoms with Crippen molar-refractivity contribution in [1.29, 1.82) is 5.26 Å². The topological polar surface area (TPSA) is 196 Å². The van der Waals surface area contributed by atoms with E-state index in [0.29, 0.717) is 30.5 Å². The first-order chi connectivity index (χ1) is 27.2. The highest BCUT2D eigenvalue weighted by Crippen LogP contribution is 2.59. The molecule has 16 heteroatoms. The molecule has 0 unspecified atom stereocenters. The van der Waals surface area contributed by atoms with Crippen LogP contribution in [0, 0.1) is 11.3 Å². The molecule has 5 N–H and O–H groups in total. The zero-order valence-corrected chi connectivity index (χ0v) is 31.2. The molecular formula is C41H37F2N6O7P. The first-order valence-electron chi connectivity index (χ1n) is 18.2. The average molecular weight is 795 g/mol. The van der Waals surface area contributed by atoms with Gasteiger partial charge < -0.3 is 35.2 Å². The van der Waals surface area contributed by atoms with E-state index in [4.69, 9.17) is 0 Å². The van der Waals surface area contributed by atoms with Gasteiger partial charge in [0.2, 0.25) is 17.7 Å². The van der Waals surface area contributed by atoms with Gasteiger partial charge in [0.1, 0.15) is 17.8 Å². The zero-order valence-electron chi connectivity index (χ0n) is 30.3. The fourth-order valence-electron chi connectivity index (χ4n) is 7.49. The highest BCUT2D eigenvalue weighted by Gasteiger charge is 2.50. The van der Waals surface area contributed by atoms with Crippen LogP contribution in [-0.2, 0) is 31.0 Å². The lowest BCUT2D eigenvalue weighted by Gasteiger charge is -2.38. The molecule has 0 radical (unpaired) electrons. The molecule has 292 valence electrons. The summed E-state index contributed by atoms with van der Waals surface area (Å²) in [6.45, 7) is 0.0354. The Morgan fingerprint density at radius 2 is 1.65 bits per heavy atom. The van der Waals surface area contributed by atoms with Crippen molar-refractivity contribution in [3.63, 3.8) is 0 Å². The number of amides is 4. The van der Waals surface area contributed by atoms with Crippen molar-refractivity contribution < 1.29 is 42.3 Å². The minimum absolute atomic E-state index is 0.0552. The third kappa shape index (κ3) is 8.06. The van der Waals surface area contributed by atoms with Crippen LogP contribution >= 0.6 is 7.60 Å². The van der Waals surface area contributed by atoms with Gasteiger partial charge in [-0.25, -0.2) is 0 Å². The highest BCUT2D eigenvalue weighted by atomic mass is 31.2. The van der Waals surface area contributed by atoms with Gasteiger partial charge in [-0.1, -0.05) is 66.7 Å². The Labute approximate surface area is 325 Å². The van der Waals surface area contributed by atoms with Crippen molar-refractivity contribution in [2.75, 3.05) is 18.4 Å². The molecule has 0 saturated carbocycles. The maximum Gasteiger partial charge on any atom is 0.399 e. The Morgan fingerprint density at radius 3 is 2.37 bits per heavy atom. The van der Waals surface area contributed by atoms with Gasteiger partial charge in [-0.2, -0.15) is 14.0 Å². The maximum atomic E-state index is 14.5. The van der Waals surface area contributed by atoms with E-state index in [9.17, 15) is 47.6 Å². The number of carbonyl (C=O) groups excluding carboxylic acids is 4. The van der Waals surface area contributed by atoms with Crippen LogP contribution in [0.5, 0.6) is 0 Å². The normalized spacial score (nSPS) is 18.6. The van der Waals surface area contributed by atoms with Gasteiger partial charge in [0.05, 0.1) is 18.1 Å². The van der Waals surface area contributed by atoms with Crippen molar-refractivity contribution in [3.8, 4) is 17.2 Å². The summed E-state index contributed by atoms with van der Waals surface area (Å²) in [5.74, 6) is -2.08. The van der Waals surface area contributed by atoms with E-state index in [2.05, 4.69) is 21.7 Å². The SMILES string of the molecule is N#Cc1ccccc1-c1ccc(NC(=O)[C@@H]2CC[C@@H]3CCN(C(=O)Cc4ccccc4)C[C@H](NC(=O)c4cc5cc(C(F)(F)P(=O)(O)O)ccc5[nH]4)C(=O)N32)cc1. The van der Waals surface area contributed by atoms with Crippen LogP contribution < -0.4 is 10.6 Å². The van der Waals surface area contributed by atoms with Crippen LogP contribution in [0.15, 0.2) is 103 Å². The van der Waals surface area contributed by atoms with Crippen molar-refractivity contribution in [1.82, 2.24) is 20.1 Å². The van der Waals surface area contributed by atoms with E-state index in [1.807, 2.05) is 42.5 Å². The van der Waals surface area contributed by atoms with E-state index in [-0.39, 0.29) is 42.0 Å². The van der Waals surface area contributed by atoms with Gasteiger partial charge in [-0.05, 0) is 72.4 Å². The second-order valence-electron chi connectivity index (χ2n) is 14.1. The maximum absolute atomic E-state index is 14.5. The van der Waals surface area contributed by atoms with Crippen LogP contribution in [0.2, 0.25) is 0 Å². The first-order valence-corrected chi connectivity index (χ1v) is 19.8. The molecule has 57 heavy (non-hydrogen) atoms. The van der Waals surface area contributed by atoms with Crippen molar-refractivity contribution in [2.45, 2.75) is 49.5 Å². The average Bonchev–Trinajstić information content (AvgIpc) is 3.83. The summed E-state index contributed by atoms with van der Waals surface area (Å²) in [6, 6.07) is 26.8. The van der Waals surface area contributed by atoms with E-state index < -0.39 is 54.7 Å². The number of aromatic amines is 1. The molecule has 7 rings (SSSR count). The molecule has 2 saturated heterocycles. The minimum Gasteiger partial charge on any atom is -0.351 e. The first kappa shape index (κ1) is 39.1. The number of alkyl halides is 2. The van der Waals surface area contributed by atoms with Gasteiger partial charge in [0.15, 0.2) is 0 Å². The van der Waals surface area contributed by atoms with E-state index >= 15 is 0 Å². The third-order valence-electron chi connectivity index (χ3n) is 10.4. The Bertz CT molecular complexity index is 2450. The number of aromatic nitrogens is 1. The zero-order chi connectivity index (χ0) is 40.5. The molecule has 3 atom stereocenters. The predicted molar refractivity (Wildman–Crippen MR) is 206 cm³/mol. The fraction of sp³-hybridized carbons (Fsp3) is 0.244. The molecule has 4 amide bonds. The molecule has 0 spiro atoms. The minimum atomic E-state index is -5.85. The number of nitriles is 1. The van der Waals surface area contributed by atoms with Crippen molar-refractivity contribution in [3.05, 3.63) is 126 Å². The van der Waals surface area contributed by atoms with Crippen LogP contribution in [-0.4, -0.2) is 79.4 Å². The smallest absolute Gasteiger partial charge is 0.351 e. The van der Waals surface area contributed by atoms with Gasteiger partial charge in [-0.15, -0.1) is 0 Å². The molecule has 2 fully saturated rings. The van der Waals surface area contributed by atoms with E-state index in [0.717, 1.165) is 34.9 Å². The molecule has 13 nitrogen and oxygen atoms in total. The van der Waals surface area contributed by atoms with Crippen LogP contribution in [0.1, 0.15) is 46.4 Å². The molecule has 5 aromatic rings. The lowest BCUT2D eigenvalue weighted by atomic mass is 10.0. The number of hydrogen-bond acceptors (Lipinski definition) is 6. The largest absolute Gasteiger partial charge is 0.399 e. The molecule has 1 aromatic heterocycles. The highest BCUT2D eigenvalue weighted by molar-refractivity contribution is 7.52. The molecule has 0 bridgehead atoms. The summed E-state index contributed by atoms with van der Waals surface area (Å²) >= 11 is 0. The van der Waals surface area contributed by atoms with Gasteiger partial charge in [0, 0.05) is 41.3 Å². The summed E-state index contributed by atoms with van der Waals surface area (Å²) < 4.78 is 40.4. The Morgan fingerprint density at radius 1 is 0.930 bits per heavy atom. The molecule has 0 aliphatic carbocycles. The summed E-state index contributed by atoms with van der Waals surface area (Å²) in [5.41, 5.74) is -2.06. The van der Waals surface area contributed by atoms with Gasteiger partial charge in [0.25, 0.3) is 5.91 Å². The number of anilines is 1. The van der Waals surface area contributed by atoms with Gasteiger partial charge >= 0.3 is 13.3 Å². The lowest BCUT2D eigenvalue weighted by molar-refractivity contribution is -0.144. The number of carbonyl (C=O) groups is 4. The standard InChI is InChI=1S/C41H37F2N6O7P/c42-41(43,57(54,55)56)29-12-16-33-28(21-29)22-34(46-33)38(51)47-35-24-48(37(50)20-25-6-2-1-3-7-25)19-18-31-15-17-36(49(31)40(35)53)39(52)45-30-13-10-26(11-14-30)32-9-5-4-8-27(32)23-44/h1-14,16,21-22,31,35-36,46H,15,17-20,24H2,(H,45,52)(H,47,51)(H2,54,55,56)/t31-,35+,36+/m1/s1. The number of halogens is 2. The number of fused-ring (bicyclic) bond motifs is 2. The summed E-state index contributed by atoms with van der Waals surface area (Å²) in [6.07, 6.45) is 1.25. The number of nitrogens with zero attached hydrogens (tertiary/aromatic N) is 3. The number of benzene rings is 4. The Kier molecular flexibility index (Phi) is 10.8. The Hall–Kier alpha value is -6.20. The molecule has 4 aromatic carbocycles. The van der Waals surface area contributed by atoms with E-state index in [1.165, 1.54) is 15.9 Å². The lowest BCUT2D eigenvalue weighted by Crippen LogP contribution is -2.60. The number of nitrogens with one attached hydrogen (secondary N) is 3. The van der Waals surface area contributed by atoms with Crippen LogP contribution in [0.3, 0.4) is 0 Å². The van der Waals surface area contributed by atoms with Crippen molar-refractivity contribution in [2.24, 2.45) is 0 Å². The van der Waals surface area contributed by atoms with E-state index in [1.54, 1.807) is 36.4 Å². The second kappa shape index (κ2) is 15.7. The second-order valence-corrected chi connectivity index (χ2v) is 15.8. The molecule has 2 aliphatic heterocycles. The number of H-pyrrole nitrogens is 1. The number of rotatable bonds is 9. The quantitative estimate of drug-likeness (QED) is 0.121. The summed E-state index contributed by atoms with van der Waals surface area (Å²) in [5, 5.41) is 15.2. The summed E-state index contributed by atoms with van der Waals surface area (Å²) in [4.78, 5) is 80.0.